The number of hydrogen-bond donors (Lipinski definition) is 1. The van der Waals surface area contributed by atoms with Crippen molar-refractivity contribution in [3.63, 3.8) is 0 Å². The van der Waals surface area contributed by atoms with Crippen molar-refractivity contribution >= 4 is 0 Å². The first-order chi connectivity index (χ1) is 4.34. The molecule has 0 heterocycles. The van der Waals surface area contributed by atoms with Crippen LogP contribution in [0.2, 0.25) is 0 Å². The number of hydrogen-bond acceptors (Lipinski definition) is 1. The van der Waals surface area contributed by atoms with Crippen LogP contribution in [0.25, 0.3) is 4.85 Å². The van der Waals surface area contributed by atoms with Crippen LogP contribution < -0.4 is 5.73 Å². The SMILES string of the molecule is [C-]#[N+]C(N)C1=CCC=C1. The van der Waals surface area contributed by atoms with Gasteiger partial charge in [-0.2, -0.15) is 0 Å². The minimum Gasteiger partial charge on any atom is -0.291 e. The van der Waals surface area contributed by atoms with Crippen LogP contribution in [-0.2, 0) is 0 Å². The predicted molar refractivity (Wildman–Crippen MR) is 36.4 cm³/mol. The van der Waals surface area contributed by atoms with Gasteiger partial charge in [0.25, 0.3) is 6.17 Å². The summed E-state index contributed by atoms with van der Waals surface area (Å²) in [6.07, 6.45) is 6.37. The molecule has 1 unspecified atom stereocenters. The normalized spacial score (nSPS) is 18.9. The van der Waals surface area contributed by atoms with Gasteiger partial charge in [0, 0.05) is 5.57 Å². The summed E-state index contributed by atoms with van der Waals surface area (Å²) in [5.74, 6) is 0. The molecule has 0 aliphatic heterocycles. The van der Waals surface area contributed by atoms with Crippen molar-refractivity contribution in [2.24, 2.45) is 5.73 Å². The van der Waals surface area contributed by atoms with E-state index in [2.05, 4.69) is 4.85 Å². The van der Waals surface area contributed by atoms with Crippen molar-refractivity contribution in [3.05, 3.63) is 35.2 Å². The third-order valence-electron chi connectivity index (χ3n) is 1.28. The third kappa shape index (κ3) is 1.18. The quantitative estimate of drug-likeness (QED) is 0.515. The molecule has 2 heteroatoms. The molecular formula is C7H8N2. The van der Waals surface area contributed by atoms with Crippen LogP contribution >= 0.6 is 0 Å². The second-order valence-corrected chi connectivity index (χ2v) is 1.92. The molecule has 1 aliphatic carbocycles. The predicted octanol–water partition coefficient (Wildman–Crippen LogP) is 1.08. The van der Waals surface area contributed by atoms with Gasteiger partial charge in [-0.15, -0.1) is 0 Å². The van der Waals surface area contributed by atoms with Gasteiger partial charge < -0.3 is 0 Å². The zero-order chi connectivity index (χ0) is 6.69. The summed E-state index contributed by atoms with van der Waals surface area (Å²) in [5, 5.41) is 0. The highest BCUT2D eigenvalue weighted by Gasteiger charge is 2.10. The van der Waals surface area contributed by atoms with Gasteiger partial charge in [0.05, 0.1) is 0 Å². The molecule has 1 atom stereocenters. The highest BCUT2D eigenvalue weighted by molar-refractivity contribution is 5.31. The summed E-state index contributed by atoms with van der Waals surface area (Å²) in [5.41, 5.74) is 6.35. The Morgan fingerprint density at radius 1 is 1.78 bits per heavy atom. The summed E-state index contributed by atoms with van der Waals surface area (Å²) >= 11 is 0. The van der Waals surface area contributed by atoms with Gasteiger partial charge in [0.1, 0.15) is 0 Å². The van der Waals surface area contributed by atoms with Crippen molar-refractivity contribution < 1.29 is 0 Å². The first-order valence-electron chi connectivity index (χ1n) is 2.83. The zero-order valence-corrected chi connectivity index (χ0v) is 5.04. The van der Waals surface area contributed by atoms with Crippen LogP contribution in [0.15, 0.2) is 23.8 Å². The Hall–Kier alpha value is -1.07. The molecule has 0 aromatic carbocycles. The second-order valence-electron chi connectivity index (χ2n) is 1.92. The van der Waals surface area contributed by atoms with E-state index in [0.29, 0.717) is 0 Å². The highest BCUT2D eigenvalue weighted by Crippen LogP contribution is 2.11. The first kappa shape index (κ1) is 6.06. The summed E-state index contributed by atoms with van der Waals surface area (Å²) in [7, 11) is 0. The zero-order valence-electron chi connectivity index (χ0n) is 5.04. The third-order valence-corrected chi connectivity index (χ3v) is 1.28. The minimum atomic E-state index is -0.441. The fourth-order valence-corrected chi connectivity index (χ4v) is 0.770. The molecule has 0 saturated heterocycles. The molecule has 0 radical (unpaired) electrons. The molecule has 0 aromatic heterocycles. The van der Waals surface area contributed by atoms with Crippen LogP contribution in [0.3, 0.4) is 0 Å². The standard InChI is InChI=1S/C7H8N2/c1-9-7(8)6-4-2-3-5-6/h2,4-5,7H,3,8H2. The summed E-state index contributed by atoms with van der Waals surface area (Å²) in [6, 6.07) is 0. The molecule has 46 valence electrons. The molecule has 0 aromatic rings. The van der Waals surface area contributed by atoms with E-state index in [9.17, 15) is 0 Å². The van der Waals surface area contributed by atoms with Crippen molar-refractivity contribution in [3.8, 4) is 0 Å². The van der Waals surface area contributed by atoms with E-state index in [-0.39, 0.29) is 0 Å². The minimum absolute atomic E-state index is 0.441. The Morgan fingerprint density at radius 3 is 3.00 bits per heavy atom. The molecule has 0 spiro atoms. The van der Waals surface area contributed by atoms with Gasteiger partial charge in [-0.05, 0) is 6.42 Å². The Balaban J connectivity index is 2.64. The van der Waals surface area contributed by atoms with Crippen molar-refractivity contribution in [2.45, 2.75) is 12.6 Å². The van der Waals surface area contributed by atoms with E-state index in [1.54, 1.807) is 0 Å². The van der Waals surface area contributed by atoms with Crippen molar-refractivity contribution in [1.29, 1.82) is 0 Å². The Morgan fingerprint density at radius 2 is 2.56 bits per heavy atom. The fraction of sp³-hybridized carbons (Fsp3) is 0.286. The fourth-order valence-electron chi connectivity index (χ4n) is 0.770. The maximum absolute atomic E-state index is 6.60. The number of rotatable bonds is 1. The van der Waals surface area contributed by atoms with E-state index in [1.165, 1.54) is 0 Å². The smallest absolute Gasteiger partial charge is 0.291 e. The van der Waals surface area contributed by atoms with Gasteiger partial charge in [-0.1, -0.05) is 18.2 Å². The summed E-state index contributed by atoms with van der Waals surface area (Å²) < 4.78 is 0. The Kier molecular flexibility index (Phi) is 1.66. The van der Waals surface area contributed by atoms with E-state index >= 15 is 0 Å². The highest BCUT2D eigenvalue weighted by atomic mass is 14.9. The lowest BCUT2D eigenvalue weighted by Gasteiger charge is -1.93. The summed E-state index contributed by atoms with van der Waals surface area (Å²) in [6.45, 7) is 6.60. The molecule has 2 N–H and O–H groups in total. The lowest BCUT2D eigenvalue weighted by Crippen LogP contribution is -2.15. The molecule has 9 heavy (non-hydrogen) atoms. The van der Waals surface area contributed by atoms with Gasteiger partial charge in [-0.25, -0.2) is 6.57 Å². The summed E-state index contributed by atoms with van der Waals surface area (Å²) in [4.78, 5) is 3.18. The van der Waals surface area contributed by atoms with Gasteiger partial charge in [0.15, 0.2) is 0 Å². The van der Waals surface area contributed by atoms with Crippen LogP contribution in [-0.4, -0.2) is 6.17 Å². The molecule has 1 rings (SSSR count). The van der Waals surface area contributed by atoms with E-state index in [4.69, 9.17) is 12.3 Å². The molecule has 0 amide bonds. The van der Waals surface area contributed by atoms with Gasteiger partial charge >= 0.3 is 0 Å². The lowest BCUT2D eigenvalue weighted by atomic mass is 10.2. The monoisotopic (exact) mass is 120 g/mol. The van der Waals surface area contributed by atoms with Crippen molar-refractivity contribution in [1.82, 2.24) is 0 Å². The molecule has 0 bridgehead atoms. The largest absolute Gasteiger partial charge is 0.300 e. The molecule has 1 aliphatic rings. The van der Waals surface area contributed by atoms with E-state index in [0.717, 1.165) is 12.0 Å². The average molecular weight is 120 g/mol. The maximum atomic E-state index is 6.60. The number of allylic oxidation sites excluding steroid dienone is 2. The molecule has 0 saturated carbocycles. The van der Waals surface area contributed by atoms with Gasteiger partial charge in [-0.3, -0.25) is 10.6 Å². The van der Waals surface area contributed by atoms with E-state index < -0.39 is 6.17 Å². The molecule has 0 fully saturated rings. The van der Waals surface area contributed by atoms with Crippen LogP contribution in [0.4, 0.5) is 0 Å². The molecule has 2 nitrogen and oxygen atoms in total. The van der Waals surface area contributed by atoms with Gasteiger partial charge in [0.2, 0.25) is 0 Å². The Labute approximate surface area is 54.5 Å². The van der Waals surface area contributed by atoms with E-state index in [1.807, 2.05) is 18.2 Å². The first-order valence-corrected chi connectivity index (χ1v) is 2.83. The van der Waals surface area contributed by atoms with Crippen LogP contribution in [0.5, 0.6) is 0 Å². The topological polar surface area (TPSA) is 30.4 Å². The second kappa shape index (κ2) is 2.47. The van der Waals surface area contributed by atoms with Crippen LogP contribution in [0.1, 0.15) is 6.42 Å². The molecular weight excluding hydrogens is 112 g/mol. The maximum Gasteiger partial charge on any atom is 0.300 e. The van der Waals surface area contributed by atoms with Crippen LogP contribution in [0, 0.1) is 6.57 Å². The number of nitrogens with two attached hydrogens (primary N) is 1. The average Bonchev–Trinajstić information content (AvgIpc) is 2.37. The van der Waals surface area contributed by atoms with Crippen molar-refractivity contribution in [2.75, 3.05) is 0 Å². The Bertz CT molecular complexity index is 195. The lowest BCUT2D eigenvalue weighted by molar-refractivity contribution is 0.976. The number of nitrogens with zero attached hydrogens (tertiary/aromatic N) is 1.